The Morgan fingerprint density at radius 1 is 1.60 bits per heavy atom. The first-order valence-corrected chi connectivity index (χ1v) is 5.50. The van der Waals surface area contributed by atoms with Crippen molar-refractivity contribution in [1.82, 2.24) is 0 Å². The zero-order valence-electron chi connectivity index (χ0n) is 8.44. The summed E-state index contributed by atoms with van der Waals surface area (Å²) in [6.45, 7) is 2.59. The molecule has 1 aromatic rings. The molecule has 4 nitrogen and oxygen atoms in total. The number of rotatable bonds is 4. The van der Waals surface area contributed by atoms with Crippen LogP contribution >= 0.6 is 15.9 Å². The van der Waals surface area contributed by atoms with Gasteiger partial charge < -0.3 is 5.73 Å². The number of halogens is 1. The molecule has 15 heavy (non-hydrogen) atoms. The van der Waals surface area contributed by atoms with Crippen LogP contribution in [0.1, 0.15) is 24.8 Å². The summed E-state index contributed by atoms with van der Waals surface area (Å²) < 4.78 is 0.566. The van der Waals surface area contributed by atoms with Crippen molar-refractivity contribution in [3.05, 3.63) is 38.3 Å². The van der Waals surface area contributed by atoms with E-state index >= 15 is 0 Å². The first-order chi connectivity index (χ1) is 7.07. The normalized spacial score (nSPS) is 12.5. The van der Waals surface area contributed by atoms with Crippen LogP contribution in [0.4, 0.5) is 5.69 Å². The topological polar surface area (TPSA) is 69.2 Å². The predicted octanol–water partition coefficient (Wildman–Crippen LogP) is 2.81. The third kappa shape index (κ3) is 2.76. The van der Waals surface area contributed by atoms with Gasteiger partial charge in [0.2, 0.25) is 0 Å². The Hall–Kier alpha value is -0.940. The predicted molar refractivity (Wildman–Crippen MR) is 62.9 cm³/mol. The first-order valence-electron chi connectivity index (χ1n) is 4.70. The van der Waals surface area contributed by atoms with Crippen molar-refractivity contribution in [2.75, 3.05) is 6.54 Å². The zero-order chi connectivity index (χ0) is 11.4. The van der Waals surface area contributed by atoms with Crippen LogP contribution in [0.15, 0.2) is 22.7 Å². The molecule has 0 heterocycles. The molecule has 2 N–H and O–H groups in total. The van der Waals surface area contributed by atoms with Crippen molar-refractivity contribution < 1.29 is 4.92 Å². The molecule has 0 saturated carbocycles. The summed E-state index contributed by atoms with van der Waals surface area (Å²) in [6, 6.07) is 5.07. The number of nitro groups is 1. The van der Waals surface area contributed by atoms with Gasteiger partial charge in [-0.15, -0.1) is 0 Å². The fourth-order valence-corrected chi connectivity index (χ4v) is 2.26. The largest absolute Gasteiger partial charge is 0.330 e. The van der Waals surface area contributed by atoms with Gasteiger partial charge in [0.05, 0.1) is 9.40 Å². The lowest BCUT2D eigenvalue weighted by Crippen LogP contribution is -2.05. The van der Waals surface area contributed by atoms with Gasteiger partial charge in [-0.1, -0.05) is 19.1 Å². The second-order valence-corrected chi connectivity index (χ2v) is 4.21. The summed E-state index contributed by atoms with van der Waals surface area (Å²) in [5.74, 6) is 0.226. The number of nitro benzene ring substituents is 1. The molecule has 82 valence electrons. The van der Waals surface area contributed by atoms with Gasteiger partial charge in [0, 0.05) is 6.07 Å². The molecule has 0 amide bonds. The lowest BCUT2D eigenvalue weighted by atomic mass is 9.97. The Balaban J connectivity index is 3.09. The molecule has 5 heteroatoms. The Kier molecular flexibility index (Phi) is 4.23. The van der Waals surface area contributed by atoms with Crippen molar-refractivity contribution in [2.24, 2.45) is 5.73 Å². The summed E-state index contributed by atoms with van der Waals surface area (Å²) in [5, 5.41) is 10.7. The minimum Gasteiger partial charge on any atom is -0.330 e. The van der Waals surface area contributed by atoms with Crippen LogP contribution < -0.4 is 5.73 Å². The van der Waals surface area contributed by atoms with Crippen LogP contribution in [-0.2, 0) is 0 Å². The Bertz CT molecular complexity index is 368. The maximum absolute atomic E-state index is 10.7. The molecule has 0 aliphatic carbocycles. The maximum atomic E-state index is 10.7. The minimum atomic E-state index is -0.386. The van der Waals surface area contributed by atoms with Gasteiger partial charge in [0.1, 0.15) is 0 Å². The summed E-state index contributed by atoms with van der Waals surface area (Å²) in [5.41, 5.74) is 6.51. The van der Waals surface area contributed by atoms with Gasteiger partial charge in [-0.2, -0.15) is 0 Å². The Morgan fingerprint density at radius 3 is 2.80 bits per heavy atom. The highest BCUT2D eigenvalue weighted by atomic mass is 79.9. The first kappa shape index (κ1) is 12.1. The van der Waals surface area contributed by atoms with Crippen LogP contribution in [0.5, 0.6) is 0 Å². The highest BCUT2D eigenvalue weighted by molar-refractivity contribution is 9.10. The van der Waals surface area contributed by atoms with E-state index in [0.29, 0.717) is 11.0 Å². The van der Waals surface area contributed by atoms with E-state index in [1.807, 2.05) is 13.0 Å². The average Bonchev–Trinajstić information content (AvgIpc) is 2.17. The lowest BCUT2D eigenvalue weighted by Gasteiger charge is -2.12. The van der Waals surface area contributed by atoms with Crippen molar-refractivity contribution in [3.8, 4) is 0 Å². The molecule has 0 aromatic heterocycles. The highest BCUT2D eigenvalue weighted by Gasteiger charge is 2.17. The second-order valence-electron chi connectivity index (χ2n) is 3.42. The molecule has 1 aromatic carbocycles. The molecule has 1 unspecified atom stereocenters. The van der Waals surface area contributed by atoms with Crippen LogP contribution in [0, 0.1) is 10.1 Å². The van der Waals surface area contributed by atoms with E-state index in [4.69, 9.17) is 5.73 Å². The van der Waals surface area contributed by atoms with E-state index in [0.717, 1.165) is 12.0 Å². The molecular formula is C10H13BrN2O2. The summed E-state index contributed by atoms with van der Waals surface area (Å²) in [6.07, 6.45) is 0.819. The van der Waals surface area contributed by atoms with E-state index < -0.39 is 0 Å². The SMILES string of the molecule is CC(CCN)c1cccc([N+](=O)[O-])c1Br. The standard InChI is InChI=1S/C10H13BrN2O2/c1-7(5-6-12)8-3-2-4-9(10(8)11)13(14)15/h2-4,7H,5-6,12H2,1H3. The molecule has 0 radical (unpaired) electrons. The Morgan fingerprint density at radius 2 is 2.27 bits per heavy atom. The third-order valence-electron chi connectivity index (χ3n) is 2.34. The number of nitrogens with zero attached hydrogens (tertiary/aromatic N) is 1. The summed E-state index contributed by atoms with van der Waals surface area (Å²) in [4.78, 5) is 10.3. The molecule has 1 atom stereocenters. The van der Waals surface area contributed by atoms with E-state index in [-0.39, 0.29) is 16.5 Å². The third-order valence-corrected chi connectivity index (χ3v) is 3.20. The molecule has 0 aliphatic rings. The fraction of sp³-hybridized carbons (Fsp3) is 0.400. The number of benzene rings is 1. The van der Waals surface area contributed by atoms with Gasteiger partial charge in [-0.05, 0) is 40.4 Å². The van der Waals surface area contributed by atoms with E-state index in [1.165, 1.54) is 6.07 Å². The van der Waals surface area contributed by atoms with Crippen molar-refractivity contribution in [2.45, 2.75) is 19.3 Å². The monoisotopic (exact) mass is 272 g/mol. The van der Waals surface area contributed by atoms with Crippen LogP contribution in [0.3, 0.4) is 0 Å². The number of hydrogen-bond donors (Lipinski definition) is 1. The maximum Gasteiger partial charge on any atom is 0.283 e. The average molecular weight is 273 g/mol. The molecule has 1 rings (SSSR count). The molecule has 0 saturated heterocycles. The molecular weight excluding hydrogens is 260 g/mol. The Labute approximate surface area is 96.8 Å². The summed E-state index contributed by atoms with van der Waals surface area (Å²) >= 11 is 3.27. The minimum absolute atomic E-state index is 0.108. The zero-order valence-corrected chi connectivity index (χ0v) is 10.0. The van der Waals surface area contributed by atoms with Gasteiger partial charge in [0.15, 0.2) is 0 Å². The smallest absolute Gasteiger partial charge is 0.283 e. The molecule has 0 bridgehead atoms. The molecule has 0 aliphatic heterocycles. The fourth-order valence-electron chi connectivity index (χ4n) is 1.46. The lowest BCUT2D eigenvalue weighted by molar-refractivity contribution is -0.385. The van der Waals surface area contributed by atoms with Gasteiger partial charge >= 0.3 is 0 Å². The van der Waals surface area contributed by atoms with Crippen LogP contribution in [0.25, 0.3) is 0 Å². The van der Waals surface area contributed by atoms with Gasteiger partial charge in [-0.3, -0.25) is 10.1 Å². The van der Waals surface area contributed by atoms with Crippen LogP contribution in [-0.4, -0.2) is 11.5 Å². The quantitative estimate of drug-likeness (QED) is 0.677. The molecule has 0 spiro atoms. The highest BCUT2D eigenvalue weighted by Crippen LogP contribution is 2.33. The van der Waals surface area contributed by atoms with E-state index in [9.17, 15) is 10.1 Å². The van der Waals surface area contributed by atoms with E-state index in [2.05, 4.69) is 15.9 Å². The summed E-state index contributed by atoms with van der Waals surface area (Å²) in [7, 11) is 0. The van der Waals surface area contributed by atoms with Crippen LogP contribution in [0.2, 0.25) is 0 Å². The van der Waals surface area contributed by atoms with Crippen molar-refractivity contribution in [3.63, 3.8) is 0 Å². The number of nitrogens with two attached hydrogens (primary N) is 1. The molecule has 0 fully saturated rings. The second kappa shape index (κ2) is 5.23. The van der Waals surface area contributed by atoms with Gasteiger partial charge in [0.25, 0.3) is 5.69 Å². The number of hydrogen-bond acceptors (Lipinski definition) is 3. The van der Waals surface area contributed by atoms with E-state index in [1.54, 1.807) is 6.07 Å². The van der Waals surface area contributed by atoms with Crippen molar-refractivity contribution in [1.29, 1.82) is 0 Å². The van der Waals surface area contributed by atoms with Crippen molar-refractivity contribution >= 4 is 21.6 Å². The van der Waals surface area contributed by atoms with Gasteiger partial charge in [-0.25, -0.2) is 0 Å².